The van der Waals surface area contributed by atoms with E-state index in [2.05, 4.69) is 10.3 Å². The molecule has 1 aromatic carbocycles. The van der Waals surface area contributed by atoms with Crippen molar-refractivity contribution in [3.05, 3.63) is 68.2 Å². The van der Waals surface area contributed by atoms with Crippen LogP contribution >= 0.6 is 0 Å². The molecule has 1 aliphatic rings. The molecule has 0 saturated carbocycles. The Morgan fingerprint density at radius 1 is 1.23 bits per heavy atom. The van der Waals surface area contributed by atoms with Gasteiger partial charge in [-0.25, -0.2) is 9.18 Å². The van der Waals surface area contributed by atoms with Crippen LogP contribution in [0.4, 0.5) is 4.39 Å². The van der Waals surface area contributed by atoms with Gasteiger partial charge in [-0.3, -0.25) is 19.0 Å². The Balaban J connectivity index is 1.65. The maximum atomic E-state index is 13.0. The molecule has 2 amide bonds. The van der Waals surface area contributed by atoms with E-state index < -0.39 is 23.0 Å². The van der Waals surface area contributed by atoms with Crippen LogP contribution in [0.15, 0.2) is 39.9 Å². The van der Waals surface area contributed by atoms with Gasteiger partial charge in [0, 0.05) is 37.8 Å². The standard InChI is InChI=1S/C17H17FN4O4/c1-21-14(23)8-13(20-17(21)26)15(24)19-12-6-7-22(9-12)16(25)10-2-4-11(18)5-3-10/h2-5,8,12H,6-7,9H2,1H3,(H,19,24)(H,20,26)/t12-/m0/s1. The highest BCUT2D eigenvalue weighted by Crippen LogP contribution is 2.14. The minimum Gasteiger partial charge on any atom is -0.346 e. The van der Waals surface area contributed by atoms with Crippen molar-refractivity contribution in [1.29, 1.82) is 0 Å². The Kier molecular flexibility index (Phi) is 4.70. The quantitative estimate of drug-likeness (QED) is 0.795. The van der Waals surface area contributed by atoms with E-state index in [4.69, 9.17) is 0 Å². The van der Waals surface area contributed by atoms with Crippen LogP contribution in [0.5, 0.6) is 0 Å². The molecule has 9 heteroatoms. The van der Waals surface area contributed by atoms with Gasteiger partial charge in [-0.1, -0.05) is 0 Å². The lowest BCUT2D eigenvalue weighted by Gasteiger charge is -2.17. The lowest BCUT2D eigenvalue weighted by atomic mass is 10.2. The molecule has 2 aromatic rings. The lowest BCUT2D eigenvalue weighted by molar-refractivity contribution is 0.0783. The molecule has 3 rings (SSSR count). The van der Waals surface area contributed by atoms with E-state index in [0.717, 1.165) is 10.6 Å². The Bertz CT molecular complexity index is 933. The van der Waals surface area contributed by atoms with Gasteiger partial charge < -0.3 is 15.2 Å². The topological polar surface area (TPSA) is 104 Å². The molecule has 1 aliphatic heterocycles. The minimum atomic E-state index is -0.679. The molecule has 2 heterocycles. The van der Waals surface area contributed by atoms with Crippen molar-refractivity contribution in [2.45, 2.75) is 12.5 Å². The number of amides is 2. The van der Waals surface area contributed by atoms with Gasteiger partial charge in [-0.2, -0.15) is 0 Å². The van der Waals surface area contributed by atoms with E-state index in [9.17, 15) is 23.6 Å². The van der Waals surface area contributed by atoms with Crippen molar-refractivity contribution >= 4 is 11.8 Å². The summed E-state index contributed by atoms with van der Waals surface area (Å²) in [5.41, 5.74) is -1.02. The second-order valence-corrected chi connectivity index (χ2v) is 6.10. The van der Waals surface area contributed by atoms with Crippen LogP contribution in [-0.2, 0) is 7.05 Å². The Hall–Kier alpha value is -3.23. The molecule has 2 N–H and O–H groups in total. The summed E-state index contributed by atoms with van der Waals surface area (Å²) in [6.07, 6.45) is 0.535. The van der Waals surface area contributed by atoms with Crippen molar-refractivity contribution in [3.63, 3.8) is 0 Å². The first-order valence-corrected chi connectivity index (χ1v) is 8.01. The van der Waals surface area contributed by atoms with Crippen LogP contribution in [-0.4, -0.2) is 45.4 Å². The number of likely N-dealkylation sites (tertiary alicyclic amines) is 1. The highest BCUT2D eigenvalue weighted by molar-refractivity contribution is 5.95. The molecule has 1 saturated heterocycles. The molecule has 0 spiro atoms. The summed E-state index contributed by atoms with van der Waals surface area (Å²) in [5.74, 6) is -1.25. The van der Waals surface area contributed by atoms with Crippen molar-refractivity contribution in [2.24, 2.45) is 7.05 Å². The third-order valence-electron chi connectivity index (χ3n) is 4.29. The summed E-state index contributed by atoms with van der Waals surface area (Å²) < 4.78 is 13.8. The van der Waals surface area contributed by atoms with E-state index >= 15 is 0 Å². The van der Waals surface area contributed by atoms with Crippen molar-refractivity contribution < 1.29 is 14.0 Å². The van der Waals surface area contributed by atoms with Crippen molar-refractivity contribution in [1.82, 2.24) is 19.8 Å². The summed E-state index contributed by atoms with van der Waals surface area (Å²) >= 11 is 0. The van der Waals surface area contributed by atoms with E-state index in [0.29, 0.717) is 18.5 Å². The fourth-order valence-electron chi connectivity index (χ4n) is 2.78. The number of halogens is 1. The molecule has 1 fully saturated rings. The summed E-state index contributed by atoms with van der Waals surface area (Å²) in [5, 5.41) is 2.70. The zero-order chi connectivity index (χ0) is 18.8. The summed E-state index contributed by atoms with van der Waals surface area (Å²) in [6.45, 7) is 0.727. The first-order chi connectivity index (χ1) is 12.3. The Morgan fingerprint density at radius 3 is 2.58 bits per heavy atom. The lowest BCUT2D eigenvalue weighted by Crippen LogP contribution is -2.41. The second kappa shape index (κ2) is 6.95. The Morgan fingerprint density at radius 2 is 1.92 bits per heavy atom. The van der Waals surface area contributed by atoms with Crippen LogP contribution in [0.2, 0.25) is 0 Å². The molecule has 8 nitrogen and oxygen atoms in total. The van der Waals surface area contributed by atoms with E-state index in [1.54, 1.807) is 4.90 Å². The summed E-state index contributed by atoms with van der Waals surface area (Å²) in [4.78, 5) is 51.7. The van der Waals surface area contributed by atoms with Gasteiger partial charge in [0.05, 0.1) is 0 Å². The normalized spacial score (nSPS) is 16.5. The van der Waals surface area contributed by atoms with Gasteiger partial charge >= 0.3 is 5.69 Å². The zero-order valence-corrected chi connectivity index (χ0v) is 14.0. The molecular formula is C17H17FN4O4. The average Bonchev–Trinajstić information content (AvgIpc) is 3.07. The molecule has 0 bridgehead atoms. The molecule has 136 valence electrons. The predicted octanol–water partition coefficient (Wildman–Crippen LogP) is -0.143. The van der Waals surface area contributed by atoms with Gasteiger partial charge in [-0.15, -0.1) is 0 Å². The number of nitrogens with zero attached hydrogens (tertiary/aromatic N) is 2. The monoisotopic (exact) mass is 360 g/mol. The molecule has 0 aliphatic carbocycles. The summed E-state index contributed by atoms with van der Waals surface area (Å²) in [6, 6.07) is 6.00. The first kappa shape index (κ1) is 17.6. The Labute approximate surface area is 147 Å². The molecule has 1 aromatic heterocycles. The highest BCUT2D eigenvalue weighted by Gasteiger charge is 2.28. The molecule has 26 heavy (non-hydrogen) atoms. The SMILES string of the molecule is Cn1c(=O)cc(C(=O)N[C@H]2CCN(C(=O)c3ccc(F)cc3)C2)[nH]c1=O. The number of hydrogen-bond donors (Lipinski definition) is 2. The van der Waals surface area contributed by atoms with E-state index in [1.165, 1.54) is 31.3 Å². The first-order valence-electron chi connectivity index (χ1n) is 8.01. The highest BCUT2D eigenvalue weighted by atomic mass is 19.1. The molecule has 0 unspecified atom stereocenters. The smallest absolute Gasteiger partial charge is 0.328 e. The number of nitrogens with one attached hydrogen (secondary N) is 2. The van der Waals surface area contributed by atoms with Crippen LogP contribution in [0.25, 0.3) is 0 Å². The number of aromatic nitrogens is 2. The zero-order valence-electron chi connectivity index (χ0n) is 14.0. The fraction of sp³-hybridized carbons (Fsp3) is 0.294. The minimum absolute atomic E-state index is 0.124. The van der Waals surface area contributed by atoms with Gasteiger partial charge in [0.2, 0.25) is 0 Å². The van der Waals surface area contributed by atoms with Crippen LogP contribution in [0, 0.1) is 5.82 Å². The number of aromatic amines is 1. The molecular weight excluding hydrogens is 343 g/mol. The van der Waals surface area contributed by atoms with E-state index in [-0.39, 0.29) is 24.2 Å². The van der Waals surface area contributed by atoms with Gasteiger partial charge in [0.15, 0.2) is 0 Å². The van der Waals surface area contributed by atoms with Crippen molar-refractivity contribution in [3.8, 4) is 0 Å². The number of benzene rings is 1. The van der Waals surface area contributed by atoms with Gasteiger partial charge in [0.1, 0.15) is 11.5 Å². The molecule has 1 atom stereocenters. The number of carbonyl (C=O) groups is 2. The number of hydrogen-bond acceptors (Lipinski definition) is 4. The predicted molar refractivity (Wildman–Crippen MR) is 90.5 cm³/mol. The van der Waals surface area contributed by atoms with Gasteiger partial charge in [0.25, 0.3) is 17.4 Å². The molecule has 0 radical (unpaired) electrons. The number of carbonyl (C=O) groups excluding carboxylic acids is 2. The van der Waals surface area contributed by atoms with Gasteiger partial charge in [-0.05, 0) is 30.7 Å². The van der Waals surface area contributed by atoms with Crippen LogP contribution in [0.3, 0.4) is 0 Å². The number of H-pyrrole nitrogens is 1. The maximum Gasteiger partial charge on any atom is 0.328 e. The third kappa shape index (κ3) is 3.56. The summed E-state index contributed by atoms with van der Waals surface area (Å²) in [7, 11) is 1.30. The largest absolute Gasteiger partial charge is 0.346 e. The van der Waals surface area contributed by atoms with Crippen molar-refractivity contribution in [2.75, 3.05) is 13.1 Å². The van der Waals surface area contributed by atoms with Crippen LogP contribution in [0.1, 0.15) is 27.3 Å². The van der Waals surface area contributed by atoms with Crippen LogP contribution < -0.4 is 16.6 Å². The third-order valence-corrected chi connectivity index (χ3v) is 4.29. The average molecular weight is 360 g/mol. The number of rotatable bonds is 3. The fourth-order valence-corrected chi connectivity index (χ4v) is 2.78. The van der Waals surface area contributed by atoms with E-state index in [1.807, 2.05) is 0 Å². The second-order valence-electron chi connectivity index (χ2n) is 6.10. The maximum absolute atomic E-state index is 13.0.